The van der Waals surface area contributed by atoms with Crippen LogP contribution >= 0.6 is 0 Å². The molecule has 1 aliphatic heterocycles. The maximum atomic E-state index is 9.13. The summed E-state index contributed by atoms with van der Waals surface area (Å²) >= 11 is 0. The summed E-state index contributed by atoms with van der Waals surface area (Å²) in [4.78, 5) is 2.36. The number of rotatable bonds is 4. The number of nitriles is 1. The maximum Gasteiger partial charge on any atom is 0.108 e. The van der Waals surface area contributed by atoms with E-state index >= 15 is 0 Å². The lowest BCUT2D eigenvalue weighted by Crippen LogP contribution is -2.56. The standard InChI is InChI=1S/C12H21N3O/c1-12(2)9-16-6-5-15(12)8-11(7-13)14-10-3-4-10/h10-11,14H,3-6,8-9H2,1-2H3. The molecule has 0 aromatic rings. The fraction of sp³-hybridized carbons (Fsp3) is 0.917. The Bertz CT molecular complexity index is 280. The summed E-state index contributed by atoms with van der Waals surface area (Å²) in [7, 11) is 0. The summed E-state index contributed by atoms with van der Waals surface area (Å²) in [6.45, 7) is 7.63. The summed E-state index contributed by atoms with van der Waals surface area (Å²) in [5.74, 6) is 0. The van der Waals surface area contributed by atoms with Crippen LogP contribution in [0.3, 0.4) is 0 Å². The Balaban J connectivity index is 1.87. The first-order valence-corrected chi connectivity index (χ1v) is 6.10. The molecule has 4 heteroatoms. The van der Waals surface area contributed by atoms with Crippen molar-refractivity contribution in [1.29, 1.82) is 5.26 Å². The zero-order chi connectivity index (χ0) is 11.6. The fourth-order valence-electron chi connectivity index (χ4n) is 2.11. The van der Waals surface area contributed by atoms with Gasteiger partial charge in [-0.05, 0) is 26.7 Å². The van der Waals surface area contributed by atoms with E-state index in [2.05, 4.69) is 30.1 Å². The van der Waals surface area contributed by atoms with E-state index in [1.807, 2.05) is 0 Å². The second kappa shape index (κ2) is 4.70. The van der Waals surface area contributed by atoms with Gasteiger partial charge in [0.1, 0.15) is 6.04 Å². The molecule has 1 atom stereocenters. The van der Waals surface area contributed by atoms with E-state index < -0.39 is 0 Å². The highest BCUT2D eigenvalue weighted by atomic mass is 16.5. The zero-order valence-corrected chi connectivity index (χ0v) is 10.2. The van der Waals surface area contributed by atoms with Gasteiger partial charge in [0.15, 0.2) is 0 Å². The average molecular weight is 223 g/mol. The zero-order valence-electron chi connectivity index (χ0n) is 10.2. The molecule has 1 heterocycles. The van der Waals surface area contributed by atoms with E-state index in [1.165, 1.54) is 12.8 Å². The van der Waals surface area contributed by atoms with Gasteiger partial charge < -0.3 is 4.74 Å². The van der Waals surface area contributed by atoms with Gasteiger partial charge in [0, 0.05) is 24.7 Å². The van der Waals surface area contributed by atoms with E-state index in [0.29, 0.717) is 6.04 Å². The molecule has 0 amide bonds. The maximum absolute atomic E-state index is 9.13. The number of hydrogen-bond donors (Lipinski definition) is 1. The van der Waals surface area contributed by atoms with Crippen LogP contribution in [0.1, 0.15) is 26.7 Å². The molecule has 1 aliphatic carbocycles. The van der Waals surface area contributed by atoms with Crippen LogP contribution in [0.4, 0.5) is 0 Å². The van der Waals surface area contributed by atoms with Crippen LogP contribution in [0.25, 0.3) is 0 Å². The largest absolute Gasteiger partial charge is 0.378 e. The van der Waals surface area contributed by atoms with Crippen molar-refractivity contribution in [3.63, 3.8) is 0 Å². The summed E-state index contributed by atoms with van der Waals surface area (Å²) in [6, 6.07) is 2.92. The Hall–Kier alpha value is -0.630. The Labute approximate surface area is 97.6 Å². The van der Waals surface area contributed by atoms with Gasteiger partial charge in [-0.15, -0.1) is 0 Å². The van der Waals surface area contributed by atoms with Crippen LogP contribution in [0.15, 0.2) is 0 Å². The molecule has 2 aliphatic rings. The predicted octanol–water partition coefficient (Wildman–Crippen LogP) is 0.741. The van der Waals surface area contributed by atoms with Crippen molar-refractivity contribution in [3.8, 4) is 6.07 Å². The third-order valence-electron chi connectivity index (χ3n) is 3.39. The number of nitrogens with one attached hydrogen (secondary N) is 1. The lowest BCUT2D eigenvalue weighted by molar-refractivity contribution is -0.0524. The highest BCUT2D eigenvalue weighted by Gasteiger charge is 2.33. The van der Waals surface area contributed by atoms with Crippen LogP contribution in [-0.2, 0) is 4.74 Å². The number of ether oxygens (including phenoxy) is 1. The second-order valence-corrected chi connectivity index (χ2v) is 5.43. The molecule has 0 aromatic heterocycles. The normalized spacial score (nSPS) is 27.3. The molecule has 1 unspecified atom stereocenters. The first-order chi connectivity index (χ1) is 7.62. The van der Waals surface area contributed by atoms with Crippen LogP contribution in [-0.4, -0.2) is 48.8 Å². The van der Waals surface area contributed by atoms with Crippen molar-refractivity contribution in [2.24, 2.45) is 0 Å². The quantitative estimate of drug-likeness (QED) is 0.763. The molecule has 0 aromatic carbocycles. The Morgan fingerprint density at radius 2 is 2.31 bits per heavy atom. The molecular formula is C12H21N3O. The van der Waals surface area contributed by atoms with Gasteiger partial charge in [-0.3, -0.25) is 10.2 Å². The first kappa shape index (κ1) is 11.8. The van der Waals surface area contributed by atoms with E-state index in [9.17, 15) is 0 Å². The lowest BCUT2D eigenvalue weighted by atomic mass is 10.0. The highest BCUT2D eigenvalue weighted by molar-refractivity contribution is 4.99. The van der Waals surface area contributed by atoms with Crippen LogP contribution < -0.4 is 5.32 Å². The number of morpholine rings is 1. The molecule has 0 bridgehead atoms. The molecule has 16 heavy (non-hydrogen) atoms. The van der Waals surface area contributed by atoms with Crippen molar-refractivity contribution in [2.75, 3.05) is 26.3 Å². The molecule has 2 rings (SSSR count). The van der Waals surface area contributed by atoms with E-state index in [0.717, 1.165) is 26.3 Å². The van der Waals surface area contributed by atoms with Crippen molar-refractivity contribution in [2.45, 2.75) is 44.3 Å². The van der Waals surface area contributed by atoms with Gasteiger partial charge in [-0.1, -0.05) is 0 Å². The Morgan fingerprint density at radius 1 is 1.56 bits per heavy atom. The molecule has 90 valence electrons. The van der Waals surface area contributed by atoms with Gasteiger partial charge in [-0.25, -0.2) is 0 Å². The van der Waals surface area contributed by atoms with Crippen molar-refractivity contribution < 1.29 is 4.74 Å². The number of hydrogen-bond acceptors (Lipinski definition) is 4. The minimum atomic E-state index is -0.0372. The van der Waals surface area contributed by atoms with Gasteiger partial charge >= 0.3 is 0 Å². The monoisotopic (exact) mass is 223 g/mol. The molecule has 1 saturated carbocycles. The molecular weight excluding hydrogens is 202 g/mol. The lowest BCUT2D eigenvalue weighted by Gasteiger charge is -2.42. The summed E-state index contributed by atoms with van der Waals surface area (Å²) in [6.07, 6.45) is 2.45. The minimum Gasteiger partial charge on any atom is -0.378 e. The third kappa shape index (κ3) is 2.94. The van der Waals surface area contributed by atoms with Crippen molar-refractivity contribution >= 4 is 0 Å². The average Bonchev–Trinajstić information content (AvgIpc) is 3.03. The molecule has 4 nitrogen and oxygen atoms in total. The van der Waals surface area contributed by atoms with Gasteiger partial charge in [-0.2, -0.15) is 5.26 Å². The van der Waals surface area contributed by atoms with Crippen molar-refractivity contribution in [3.05, 3.63) is 0 Å². The Kier molecular flexibility index (Phi) is 3.48. The summed E-state index contributed by atoms with van der Waals surface area (Å²) in [5.41, 5.74) is 0.0541. The number of nitrogens with zero attached hydrogens (tertiary/aromatic N) is 2. The topological polar surface area (TPSA) is 48.3 Å². The van der Waals surface area contributed by atoms with Crippen molar-refractivity contribution in [1.82, 2.24) is 10.2 Å². The Morgan fingerprint density at radius 3 is 2.88 bits per heavy atom. The summed E-state index contributed by atoms with van der Waals surface area (Å²) in [5, 5.41) is 12.5. The van der Waals surface area contributed by atoms with Crippen LogP contribution in [0, 0.1) is 11.3 Å². The summed E-state index contributed by atoms with van der Waals surface area (Å²) < 4.78 is 5.48. The van der Waals surface area contributed by atoms with E-state index in [1.54, 1.807) is 0 Å². The highest BCUT2D eigenvalue weighted by Crippen LogP contribution is 2.22. The van der Waals surface area contributed by atoms with Gasteiger partial charge in [0.2, 0.25) is 0 Å². The smallest absolute Gasteiger partial charge is 0.108 e. The molecule has 2 fully saturated rings. The van der Waals surface area contributed by atoms with Gasteiger partial charge in [0.05, 0.1) is 19.3 Å². The molecule has 0 spiro atoms. The molecule has 0 radical (unpaired) electrons. The van der Waals surface area contributed by atoms with E-state index in [4.69, 9.17) is 10.00 Å². The SMILES string of the molecule is CC1(C)COCCN1CC(C#N)NC1CC1. The third-order valence-corrected chi connectivity index (χ3v) is 3.39. The second-order valence-electron chi connectivity index (χ2n) is 5.43. The minimum absolute atomic E-state index is 0.0372. The van der Waals surface area contributed by atoms with E-state index in [-0.39, 0.29) is 11.6 Å². The first-order valence-electron chi connectivity index (χ1n) is 6.10. The fourth-order valence-corrected chi connectivity index (χ4v) is 2.11. The van der Waals surface area contributed by atoms with Crippen LogP contribution in [0.5, 0.6) is 0 Å². The van der Waals surface area contributed by atoms with Gasteiger partial charge in [0.25, 0.3) is 0 Å². The molecule has 1 N–H and O–H groups in total. The molecule has 1 saturated heterocycles. The van der Waals surface area contributed by atoms with Crippen LogP contribution in [0.2, 0.25) is 0 Å². The predicted molar refractivity (Wildman–Crippen MR) is 62.0 cm³/mol.